The van der Waals surface area contributed by atoms with Gasteiger partial charge in [0.15, 0.2) is 0 Å². The molecule has 0 saturated carbocycles. The summed E-state index contributed by atoms with van der Waals surface area (Å²) in [4.78, 5) is 11.9. The summed E-state index contributed by atoms with van der Waals surface area (Å²) in [6.07, 6.45) is 1.46. The van der Waals surface area contributed by atoms with Crippen molar-refractivity contribution in [1.29, 1.82) is 0 Å². The topological polar surface area (TPSA) is 66.4 Å². The molecule has 2 heterocycles. The van der Waals surface area contributed by atoms with Gasteiger partial charge in [-0.05, 0) is 50.1 Å². The van der Waals surface area contributed by atoms with Gasteiger partial charge >= 0.3 is 0 Å². The van der Waals surface area contributed by atoms with Crippen molar-refractivity contribution < 1.29 is 8.42 Å². The van der Waals surface area contributed by atoms with Crippen LogP contribution < -0.4 is 4.90 Å². The second-order valence-corrected chi connectivity index (χ2v) is 10.4. The van der Waals surface area contributed by atoms with Gasteiger partial charge in [0.05, 0.1) is 4.90 Å². The van der Waals surface area contributed by atoms with Gasteiger partial charge in [0.1, 0.15) is 11.6 Å². The number of hydrogen-bond donors (Lipinski definition) is 0. The molecule has 1 aliphatic heterocycles. The summed E-state index contributed by atoms with van der Waals surface area (Å²) >= 11 is 5.93. The molecule has 8 heteroatoms. The molecule has 0 spiro atoms. The Balaban J connectivity index is 1.59. The van der Waals surface area contributed by atoms with Crippen molar-refractivity contribution in [2.75, 3.05) is 31.1 Å². The van der Waals surface area contributed by atoms with Gasteiger partial charge in [-0.25, -0.2) is 18.4 Å². The van der Waals surface area contributed by atoms with Crippen molar-refractivity contribution in [2.24, 2.45) is 0 Å². The lowest BCUT2D eigenvalue weighted by atomic mass is 10.0. The first-order chi connectivity index (χ1) is 15.3. The number of anilines is 1. The van der Waals surface area contributed by atoms with E-state index < -0.39 is 10.0 Å². The van der Waals surface area contributed by atoms with Gasteiger partial charge in [0.25, 0.3) is 0 Å². The minimum absolute atomic E-state index is 0.272. The summed E-state index contributed by atoms with van der Waals surface area (Å²) in [5, 5.41) is 0.520. The van der Waals surface area contributed by atoms with E-state index in [-0.39, 0.29) is 4.90 Å². The van der Waals surface area contributed by atoms with Crippen LogP contribution in [0.3, 0.4) is 0 Å². The average Bonchev–Trinajstić information content (AvgIpc) is 3.03. The SMILES string of the molecule is Cc1nc(C)c(Cc2ccccc2)c(N2CCCN(S(=O)(=O)c3ccc(Cl)cc3)CC2)n1. The number of halogens is 1. The van der Waals surface area contributed by atoms with Gasteiger partial charge in [-0.1, -0.05) is 41.9 Å². The third-order valence-electron chi connectivity index (χ3n) is 5.73. The molecule has 0 radical (unpaired) electrons. The maximum atomic E-state index is 13.1. The highest BCUT2D eigenvalue weighted by Gasteiger charge is 2.28. The fraction of sp³-hybridized carbons (Fsp3) is 0.333. The summed E-state index contributed by atoms with van der Waals surface area (Å²) < 4.78 is 27.9. The Hall–Kier alpha value is -2.48. The molecule has 6 nitrogen and oxygen atoms in total. The predicted molar refractivity (Wildman–Crippen MR) is 128 cm³/mol. The zero-order valence-electron chi connectivity index (χ0n) is 18.3. The minimum Gasteiger partial charge on any atom is -0.355 e. The molecule has 1 aromatic heterocycles. The van der Waals surface area contributed by atoms with E-state index in [1.807, 2.05) is 32.0 Å². The third kappa shape index (κ3) is 4.95. The second kappa shape index (κ2) is 9.57. The number of rotatable bonds is 5. The fourth-order valence-electron chi connectivity index (χ4n) is 4.09. The molecule has 2 aromatic carbocycles. The van der Waals surface area contributed by atoms with Gasteiger partial charge in [0.2, 0.25) is 10.0 Å². The van der Waals surface area contributed by atoms with Crippen LogP contribution in [-0.2, 0) is 16.4 Å². The summed E-state index contributed by atoms with van der Waals surface area (Å²) in [5.74, 6) is 1.63. The van der Waals surface area contributed by atoms with E-state index >= 15 is 0 Å². The summed E-state index contributed by atoms with van der Waals surface area (Å²) in [6, 6.07) is 16.6. The second-order valence-electron chi connectivity index (χ2n) is 8.02. The molecule has 3 aromatic rings. The van der Waals surface area contributed by atoms with E-state index in [1.54, 1.807) is 28.6 Å². The molecular formula is C24H27ClN4O2S. The Morgan fingerprint density at radius 2 is 1.62 bits per heavy atom. The Kier molecular flexibility index (Phi) is 6.79. The lowest BCUT2D eigenvalue weighted by Crippen LogP contribution is -2.35. The van der Waals surface area contributed by atoms with Crippen molar-refractivity contribution in [3.8, 4) is 0 Å². The number of sulfonamides is 1. The summed E-state index contributed by atoms with van der Waals surface area (Å²) in [5.41, 5.74) is 3.26. The molecule has 1 aliphatic rings. The Bertz CT molecular complexity index is 1180. The van der Waals surface area contributed by atoms with Crippen LogP contribution in [0.25, 0.3) is 0 Å². The Morgan fingerprint density at radius 3 is 2.34 bits per heavy atom. The van der Waals surface area contributed by atoms with Crippen molar-refractivity contribution in [3.63, 3.8) is 0 Å². The molecule has 1 saturated heterocycles. The van der Waals surface area contributed by atoms with Gasteiger partial charge in [-0.2, -0.15) is 4.31 Å². The first-order valence-electron chi connectivity index (χ1n) is 10.7. The molecular weight excluding hydrogens is 444 g/mol. The van der Waals surface area contributed by atoms with Gasteiger partial charge in [-0.15, -0.1) is 0 Å². The highest BCUT2D eigenvalue weighted by Crippen LogP contribution is 2.26. The number of benzene rings is 2. The number of aryl methyl sites for hydroxylation is 2. The van der Waals surface area contributed by atoms with Gasteiger partial charge < -0.3 is 4.90 Å². The molecule has 1 fully saturated rings. The van der Waals surface area contributed by atoms with Crippen LogP contribution in [0.1, 0.15) is 29.1 Å². The standard InChI is InChI=1S/C24H27ClN4O2S/c1-18-23(17-20-7-4-3-5-8-20)24(27-19(2)26-18)28-13-6-14-29(16-15-28)32(30,31)22-11-9-21(25)10-12-22/h3-5,7-12H,6,13-17H2,1-2H3. The summed E-state index contributed by atoms with van der Waals surface area (Å²) in [6.45, 7) is 6.11. The van der Waals surface area contributed by atoms with Crippen LogP contribution in [-0.4, -0.2) is 48.9 Å². The molecule has 4 rings (SSSR count). The summed E-state index contributed by atoms with van der Waals surface area (Å²) in [7, 11) is -3.57. The van der Waals surface area contributed by atoms with Gasteiger partial charge in [0, 0.05) is 48.9 Å². The molecule has 0 N–H and O–H groups in total. The van der Waals surface area contributed by atoms with Crippen LogP contribution in [0.5, 0.6) is 0 Å². The number of nitrogens with zero attached hydrogens (tertiary/aromatic N) is 4. The fourth-order valence-corrected chi connectivity index (χ4v) is 5.68. The van der Waals surface area contributed by atoms with Crippen LogP contribution in [0, 0.1) is 13.8 Å². The van der Waals surface area contributed by atoms with E-state index in [0.29, 0.717) is 24.7 Å². The maximum absolute atomic E-state index is 13.1. The Labute approximate surface area is 194 Å². The van der Waals surface area contributed by atoms with E-state index in [9.17, 15) is 8.42 Å². The van der Waals surface area contributed by atoms with Crippen molar-refractivity contribution >= 4 is 27.4 Å². The zero-order chi connectivity index (χ0) is 22.7. The van der Waals surface area contributed by atoms with Crippen LogP contribution in [0.15, 0.2) is 59.5 Å². The molecule has 32 heavy (non-hydrogen) atoms. The first kappa shape index (κ1) is 22.7. The van der Waals surface area contributed by atoms with E-state index in [4.69, 9.17) is 16.6 Å². The van der Waals surface area contributed by atoms with E-state index in [2.05, 4.69) is 22.0 Å². The number of hydrogen-bond acceptors (Lipinski definition) is 5. The lowest BCUT2D eigenvalue weighted by molar-refractivity contribution is 0.433. The van der Waals surface area contributed by atoms with Crippen molar-refractivity contribution in [1.82, 2.24) is 14.3 Å². The van der Waals surface area contributed by atoms with Crippen LogP contribution in [0.4, 0.5) is 5.82 Å². The Morgan fingerprint density at radius 1 is 0.906 bits per heavy atom. The molecule has 0 atom stereocenters. The molecule has 0 bridgehead atoms. The zero-order valence-corrected chi connectivity index (χ0v) is 19.9. The van der Waals surface area contributed by atoms with E-state index in [1.165, 1.54) is 5.56 Å². The van der Waals surface area contributed by atoms with Gasteiger partial charge in [-0.3, -0.25) is 0 Å². The normalized spacial score (nSPS) is 15.5. The van der Waals surface area contributed by atoms with Crippen molar-refractivity contribution in [3.05, 3.63) is 82.3 Å². The quantitative estimate of drug-likeness (QED) is 0.558. The molecule has 168 valence electrons. The number of aromatic nitrogens is 2. The largest absolute Gasteiger partial charge is 0.355 e. The monoisotopic (exact) mass is 470 g/mol. The molecule has 0 aliphatic carbocycles. The predicted octanol–water partition coefficient (Wildman–Crippen LogP) is 4.24. The average molecular weight is 471 g/mol. The molecule has 0 amide bonds. The van der Waals surface area contributed by atoms with Crippen LogP contribution >= 0.6 is 11.6 Å². The highest BCUT2D eigenvalue weighted by atomic mass is 35.5. The van der Waals surface area contributed by atoms with E-state index in [0.717, 1.165) is 42.3 Å². The lowest BCUT2D eigenvalue weighted by Gasteiger charge is -2.26. The maximum Gasteiger partial charge on any atom is 0.243 e. The smallest absolute Gasteiger partial charge is 0.243 e. The molecule has 0 unspecified atom stereocenters. The minimum atomic E-state index is -3.57. The van der Waals surface area contributed by atoms with Crippen molar-refractivity contribution in [2.45, 2.75) is 31.6 Å². The highest BCUT2D eigenvalue weighted by molar-refractivity contribution is 7.89. The first-order valence-corrected chi connectivity index (χ1v) is 12.5. The third-order valence-corrected chi connectivity index (χ3v) is 7.90. The van der Waals surface area contributed by atoms with Crippen LogP contribution in [0.2, 0.25) is 5.02 Å².